The molecular formula is C22H20FN5O2. The molecule has 8 heteroatoms. The molecule has 0 unspecified atom stereocenters. The van der Waals surface area contributed by atoms with Crippen molar-refractivity contribution >= 4 is 16.9 Å². The minimum atomic E-state index is -0.391. The number of nitrogens with zero attached hydrogens (tertiary/aromatic N) is 4. The molecule has 0 saturated heterocycles. The van der Waals surface area contributed by atoms with Crippen molar-refractivity contribution in [2.75, 3.05) is 5.73 Å². The van der Waals surface area contributed by atoms with E-state index in [1.807, 2.05) is 35.0 Å². The SMILES string of the molecule is Nc1ncnc2c1c(Oc1cccc(F)c1)nn2[C@H]1C[C@@H](OCc2ccccc2)C1. The molecule has 30 heavy (non-hydrogen) atoms. The lowest BCUT2D eigenvalue weighted by atomic mass is 9.89. The normalized spacial score (nSPS) is 18.3. The zero-order valence-corrected chi connectivity index (χ0v) is 16.1. The van der Waals surface area contributed by atoms with Gasteiger partial charge in [-0.2, -0.15) is 0 Å². The van der Waals surface area contributed by atoms with Crippen LogP contribution in [0.5, 0.6) is 11.6 Å². The van der Waals surface area contributed by atoms with Crippen LogP contribution in [-0.4, -0.2) is 25.9 Å². The zero-order valence-electron chi connectivity index (χ0n) is 16.1. The monoisotopic (exact) mass is 405 g/mol. The highest BCUT2D eigenvalue weighted by Crippen LogP contribution is 2.40. The lowest BCUT2D eigenvalue weighted by Crippen LogP contribution is -2.34. The Morgan fingerprint density at radius 2 is 1.90 bits per heavy atom. The van der Waals surface area contributed by atoms with Crippen molar-refractivity contribution < 1.29 is 13.9 Å². The van der Waals surface area contributed by atoms with Gasteiger partial charge in [0.1, 0.15) is 29.1 Å². The van der Waals surface area contributed by atoms with E-state index >= 15 is 0 Å². The van der Waals surface area contributed by atoms with E-state index in [0.29, 0.717) is 23.4 Å². The van der Waals surface area contributed by atoms with Crippen LogP contribution in [0.1, 0.15) is 24.4 Å². The van der Waals surface area contributed by atoms with Gasteiger partial charge in [-0.25, -0.2) is 19.0 Å². The highest BCUT2D eigenvalue weighted by atomic mass is 19.1. The number of hydrogen-bond acceptors (Lipinski definition) is 6. The van der Waals surface area contributed by atoms with Gasteiger partial charge in [-0.3, -0.25) is 0 Å². The molecule has 1 aliphatic rings. The van der Waals surface area contributed by atoms with Crippen molar-refractivity contribution in [3.8, 4) is 11.6 Å². The molecule has 0 bridgehead atoms. The molecule has 2 aromatic carbocycles. The summed E-state index contributed by atoms with van der Waals surface area (Å²) < 4.78 is 27.2. The lowest BCUT2D eigenvalue weighted by Gasteiger charge is -2.35. The summed E-state index contributed by atoms with van der Waals surface area (Å²) in [5.41, 5.74) is 7.82. The van der Waals surface area contributed by atoms with Gasteiger partial charge in [-0.05, 0) is 30.5 Å². The van der Waals surface area contributed by atoms with Crippen LogP contribution in [0.4, 0.5) is 10.2 Å². The number of benzene rings is 2. The third-order valence-electron chi connectivity index (χ3n) is 5.24. The molecule has 0 amide bonds. The molecule has 2 heterocycles. The number of ether oxygens (including phenoxy) is 2. The third kappa shape index (κ3) is 3.57. The maximum atomic E-state index is 13.5. The van der Waals surface area contributed by atoms with Crippen LogP contribution >= 0.6 is 0 Å². The molecule has 0 atom stereocenters. The van der Waals surface area contributed by atoms with Crippen LogP contribution in [0.2, 0.25) is 0 Å². The third-order valence-corrected chi connectivity index (χ3v) is 5.24. The Balaban J connectivity index is 1.35. The van der Waals surface area contributed by atoms with Gasteiger partial charge in [-0.15, -0.1) is 5.10 Å². The van der Waals surface area contributed by atoms with Gasteiger partial charge in [0.05, 0.1) is 18.8 Å². The second-order valence-corrected chi connectivity index (χ2v) is 7.31. The average Bonchev–Trinajstić information content (AvgIpc) is 3.07. The molecule has 1 saturated carbocycles. The largest absolute Gasteiger partial charge is 0.437 e. The molecule has 2 N–H and O–H groups in total. The Hall–Kier alpha value is -3.52. The topological polar surface area (TPSA) is 88.1 Å². The van der Waals surface area contributed by atoms with E-state index < -0.39 is 5.82 Å². The molecule has 152 valence electrons. The van der Waals surface area contributed by atoms with Gasteiger partial charge in [-0.1, -0.05) is 36.4 Å². The molecule has 0 spiro atoms. The van der Waals surface area contributed by atoms with Crippen LogP contribution in [0.15, 0.2) is 60.9 Å². The number of halogens is 1. The highest BCUT2D eigenvalue weighted by Gasteiger charge is 2.34. The standard InChI is InChI=1S/C22H20FN5O2/c23-15-7-4-8-17(9-15)30-22-19-20(24)25-13-26-21(19)28(27-22)16-10-18(11-16)29-12-14-5-2-1-3-6-14/h1-9,13,16,18H,10-12H2,(H2,24,25,26)/t16-,18+. The van der Waals surface area contributed by atoms with E-state index in [0.717, 1.165) is 18.4 Å². The minimum absolute atomic E-state index is 0.118. The average molecular weight is 405 g/mol. The Morgan fingerprint density at radius 1 is 1.07 bits per heavy atom. The van der Waals surface area contributed by atoms with Crippen molar-refractivity contribution in [1.29, 1.82) is 0 Å². The van der Waals surface area contributed by atoms with Gasteiger partial charge < -0.3 is 15.2 Å². The summed E-state index contributed by atoms with van der Waals surface area (Å²) in [7, 11) is 0. The molecule has 0 aliphatic heterocycles. The van der Waals surface area contributed by atoms with Crippen molar-refractivity contribution in [2.45, 2.75) is 31.6 Å². The first-order valence-corrected chi connectivity index (χ1v) is 9.75. The van der Waals surface area contributed by atoms with Gasteiger partial charge in [0.25, 0.3) is 5.88 Å². The number of hydrogen-bond donors (Lipinski definition) is 1. The van der Waals surface area contributed by atoms with Crippen LogP contribution in [0.25, 0.3) is 11.0 Å². The van der Waals surface area contributed by atoms with Crippen molar-refractivity contribution in [1.82, 2.24) is 19.7 Å². The summed E-state index contributed by atoms with van der Waals surface area (Å²) in [5, 5.41) is 5.11. The maximum absolute atomic E-state index is 13.5. The summed E-state index contributed by atoms with van der Waals surface area (Å²) in [4.78, 5) is 8.41. The minimum Gasteiger partial charge on any atom is -0.437 e. The molecular weight excluding hydrogens is 385 g/mol. The van der Waals surface area contributed by atoms with Gasteiger partial charge in [0.2, 0.25) is 0 Å². The summed E-state index contributed by atoms with van der Waals surface area (Å²) >= 11 is 0. The van der Waals surface area contributed by atoms with Crippen LogP contribution in [0, 0.1) is 5.82 Å². The second-order valence-electron chi connectivity index (χ2n) is 7.31. The Bertz CT molecular complexity index is 1170. The first-order valence-electron chi connectivity index (χ1n) is 9.75. The van der Waals surface area contributed by atoms with Crippen molar-refractivity contribution in [2.24, 2.45) is 0 Å². The fourth-order valence-corrected chi connectivity index (χ4v) is 3.59. The predicted octanol–water partition coefficient (Wildman–Crippen LogP) is 4.26. The summed E-state index contributed by atoms with van der Waals surface area (Å²) in [5.74, 6) is 0.483. The molecule has 7 nitrogen and oxygen atoms in total. The highest BCUT2D eigenvalue weighted by molar-refractivity contribution is 5.90. The van der Waals surface area contributed by atoms with E-state index in [4.69, 9.17) is 15.2 Å². The van der Waals surface area contributed by atoms with E-state index in [1.165, 1.54) is 18.5 Å². The molecule has 2 aromatic heterocycles. The lowest BCUT2D eigenvalue weighted by molar-refractivity contribution is -0.0376. The fraction of sp³-hybridized carbons (Fsp3) is 0.227. The second kappa shape index (κ2) is 7.72. The molecule has 4 aromatic rings. The van der Waals surface area contributed by atoms with Gasteiger partial charge in [0.15, 0.2) is 5.65 Å². The first-order chi connectivity index (χ1) is 14.7. The molecule has 0 radical (unpaired) electrons. The number of anilines is 1. The van der Waals surface area contributed by atoms with E-state index in [1.54, 1.807) is 12.1 Å². The van der Waals surface area contributed by atoms with E-state index in [-0.39, 0.29) is 23.8 Å². The van der Waals surface area contributed by atoms with Crippen LogP contribution in [-0.2, 0) is 11.3 Å². The van der Waals surface area contributed by atoms with E-state index in [2.05, 4.69) is 15.1 Å². The van der Waals surface area contributed by atoms with E-state index in [9.17, 15) is 4.39 Å². The summed E-state index contributed by atoms with van der Waals surface area (Å²) in [6, 6.07) is 16.1. The Labute approximate surface area is 172 Å². The quantitative estimate of drug-likeness (QED) is 0.516. The number of nitrogens with two attached hydrogens (primary N) is 1. The van der Waals surface area contributed by atoms with Crippen molar-refractivity contribution in [3.63, 3.8) is 0 Å². The van der Waals surface area contributed by atoms with Crippen molar-refractivity contribution in [3.05, 3.63) is 72.3 Å². The summed E-state index contributed by atoms with van der Waals surface area (Å²) in [6.07, 6.45) is 3.19. The number of aromatic nitrogens is 4. The van der Waals surface area contributed by atoms with Crippen LogP contribution in [0.3, 0.4) is 0 Å². The predicted molar refractivity (Wildman–Crippen MR) is 109 cm³/mol. The Morgan fingerprint density at radius 3 is 2.70 bits per heavy atom. The molecule has 5 rings (SSSR count). The fourth-order valence-electron chi connectivity index (χ4n) is 3.59. The maximum Gasteiger partial charge on any atom is 0.251 e. The van der Waals surface area contributed by atoms with Gasteiger partial charge in [0, 0.05) is 6.07 Å². The van der Waals surface area contributed by atoms with Crippen LogP contribution < -0.4 is 10.5 Å². The number of nitrogen functional groups attached to an aromatic ring is 1. The van der Waals surface area contributed by atoms with Gasteiger partial charge >= 0.3 is 0 Å². The number of rotatable bonds is 6. The number of fused-ring (bicyclic) bond motifs is 1. The Kier molecular flexibility index (Phi) is 4.76. The molecule has 1 fully saturated rings. The summed E-state index contributed by atoms with van der Waals surface area (Å²) in [6.45, 7) is 0.584. The molecule has 1 aliphatic carbocycles. The first kappa shape index (κ1) is 18.5. The smallest absolute Gasteiger partial charge is 0.251 e. The zero-order chi connectivity index (χ0) is 20.5.